The zero-order chi connectivity index (χ0) is 18.0. The van der Waals surface area contributed by atoms with E-state index in [0.29, 0.717) is 17.7 Å². The number of halogens is 2. The Balaban J connectivity index is 1.64. The third kappa shape index (κ3) is 3.45. The predicted octanol–water partition coefficient (Wildman–Crippen LogP) is 2.48. The van der Waals surface area contributed by atoms with Crippen molar-refractivity contribution < 1.29 is 27.8 Å². The lowest BCUT2D eigenvalue weighted by atomic mass is 10.1. The second-order valence-electron chi connectivity index (χ2n) is 5.56. The number of fused-ring (bicyclic) bond motifs is 1. The molecule has 0 aromatic heterocycles. The molecule has 2 aromatic carbocycles. The molecule has 0 fully saturated rings. The molecule has 7 heteroatoms. The number of methoxy groups -OCH3 is 1. The summed E-state index contributed by atoms with van der Waals surface area (Å²) in [5.41, 5.74) is 0.591. The summed E-state index contributed by atoms with van der Waals surface area (Å²) in [7, 11) is 1.30. The van der Waals surface area contributed by atoms with Gasteiger partial charge in [0.1, 0.15) is 29.1 Å². The normalized spacial score (nSPS) is 15.2. The molecule has 0 saturated carbocycles. The minimum Gasteiger partial charge on any atom is -0.488 e. The van der Waals surface area contributed by atoms with E-state index in [1.54, 1.807) is 18.2 Å². The summed E-state index contributed by atoms with van der Waals surface area (Å²) in [5, 5.41) is 2.47. The number of hydrogen-bond donors (Lipinski definition) is 1. The zero-order valence-electron chi connectivity index (χ0n) is 13.3. The lowest BCUT2D eigenvalue weighted by Crippen LogP contribution is -2.35. The smallest absolute Gasteiger partial charge is 0.337 e. The first kappa shape index (κ1) is 16.9. The Morgan fingerprint density at radius 1 is 1.24 bits per heavy atom. The molecule has 2 aromatic rings. The third-order valence-corrected chi connectivity index (χ3v) is 3.90. The van der Waals surface area contributed by atoms with Gasteiger partial charge in [0.05, 0.1) is 19.2 Å². The molecule has 0 aliphatic carbocycles. The van der Waals surface area contributed by atoms with Gasteiger partial charge in [-0.15, -0.1) is 0 Å². The van der Waals surface area contributed by atoms with Crippen molar-refractivity contribution >= 4 is 11.9 Å². The number of ether oxygens (including phenoxy) is 2. The molecular weight excluding hydrogens is 332 g/mol. The molecule has 1 atom stereocenters. The predicted molar refractivity (Wildman–Crippen MR) is 84.6 cm³/mol. The Morgan fingerprint density at radius 3 is 2.64 bits per heavy atom. The Kier molecular flexibility index (Phi) is 4.65. The van der Waals surface area contributed by atoms with Crippen LogP contribution in [0.4, 0.5) is 8.78 Å². The SMILES string of the molecule is COC(=O)c1ccc2c(c1)C[C@H](CNC(=O)c1c(F)cccc1F)O2. The number of hydrogen-bond acceptors (Lipinski definition) is 4. The van der Waals surface area contributed by atoms with Crippen molar-refractivity contribution in [1.29, 1.82) is 0 Å². The Hall–Kier alpha value is -2.96. The first-order valence-corrected chi connectivity index (χ1v) is 7.59. The second-order valence-corrected chi connectivity index (χ2v) is 5.56. The number of rotatable bonds is 4. The van der Waals surface area contributed by atoms with E-state index in [1.807, 2.05) is 0 Å². The molecule has 3 rings (SSSR count). The minimum absolute atomic E-state index is 0.0782. The van der Waals surface area contributed by atoms with Gasteiger partial charge in [-0.1, -0.05) is 6.07 Å². The fourth-order valence-corrected chi connectivity index (χ4v) is 2.69. The van der Waals surface area contributed by atoms with Crippen LogP contribution in [0.15, 0.2) is 36.4 Å². The summed E-state index contributed by atoms with van der Waals surface area (Å²) >= 11 is 0. The van der Waals surface area contributed by atoms with Crippen molar-refractivity contribution in [2.75, 3.05) is 13.7 Å². The number of esters is 1. The van der Waals surface area contributed by atoms with Crippen molar-refractivity contribution in [2.24, 2.45) is 0 Å². The van der Waals surface area contributed by atoms with Gasteiger partial charge >= 0.3 is 5.97 Å². The number of amides is 1. The number of benzene rings is 2. The molecule has 1 amide bonds. The Morgan fingerprint density at radius 2 is 1.96 bits per heavy atom. The average Bonchev–Trinajstić information content (AvgIpc) is 3.01. The average molecular weight is 347 g/mol. The van der Waals surface area contributed by atoms with Gasteiger partial charge in [-0.25, -0.2) is 13.6 Å². The summed E-state index contributed by atoms with van der Waals surface area (Å²) in [5.74, 6) is -2.53. The number of nitrogens with one attached hydrogen (secondary N) is 1. The van der Waals surface area contributed by atoms with Crippen LogP contribution >= 0.6 is 0 Å². The maximum Gasteiger partial charge on any atom is 0.337 e. The van der Waals surface area contributed by atoms with Crippen molar-refractivity contribution in [1.82, 2.24) is 5.32 Å². The summed E-state index contributed by atoms with van der Waals surface area (Å²) in [6.07, 6.45) is 0.0712. The zero-order valence-corrected chi connectivity index (χ0v) is 13.3. The van der Waals surface area contributed by atoms with E-state index in [4.69, 9.17) is 4.74 Å². The molecule has 130 valence electrons. The molecule has 0 spiro atoms. The van der Waals surface area contributed by atoms with Gasteiger partial charge in [-0.05, 0) is 35.9 Å². The molecule has 5 nitrogen and oxygen atoms in total. The molecular formula is C18H15F2NO4. The van der Waals surface area contributed by atoms with Crippen LogP contribution in [0.5, 0.6) is 5.75 Å². The van der Waals surface area contributed by atoms with Gasteiger partial charge < -0.3 is 14.8 Å². The molecule has 0 bridgehead atoms. The fourth-order valence-electron chi connectivity index (χ4n) is 2.69. The van der Waals surface area contributed by atoms with Crippen LogP contribution < -0.4 is 10.1 Å². The molecule has 1 N–H and O–H groups in total. The molecule has 25 heavy (non-hydrogen) atoms. The molecule has 0 unspecified atom stereocenters. The van der Waals surface area contributed by atoms with E-state index in [1.165, 1.54) is 13.2 Å². The van der Waals surface area contributed by atoms with Gasteiger partial charge in [0.2, 0.25) is 0 Å². The van der Waals surface area contributed by atoms with E-state index in [0.717, 1.165) is 17.7 Å². The molecule has 0 saturated heterocycles. The summed E-state index contributed by atoms with van der Waals surface area (Å²) in [6, 6.07) is 8.14. The summed E-state index contributed by atoms with van der Waals surface area (Å²) in [4.78, 5) is 23.5. The van der Waals surface area contributed by atoms with Crippen molar-refractivity contribution in [3.05, 3.63) is 64.7 Å². The lowest BCUT2D eigenvalue weighted by molar-refractivity contribution is 0.0600. The van der Waals surface area contributed by atoms with E-state index >= 15 is 0 Å². The highest BCUT2D eigenvalue weighted by Gasteiger charge is 2.25. The maximum atomic E-state index is 13.6. The monoisotopic (exact) mass is 347 g/mol. The maximum absolute atomic E-state index is 13.6. The standard InChI is InChI=1S/C18H15F2NO4/c1-24-18(23)10-5-6-15-11(7-10)8-12(25-15)9-21-17(22)16-13(19)3-2-4-14(16)20/h2-7,12H,8-9H2,1H3,(H,21,22)/t12-/m1/s1. The van der Waals surface area contributed by atoms with Gasteiger partial charge in [-0.2, -0.15) is 0 Å². The largest absolute Gasteiger partial charge is 0.488 e. The van der Waals surface area contributed by atoms with Crippen molar-refractivity contribution in [3.63, 3.8) is 0 Å². The molecule has 1 aliphatic rings. The molecule has 1 aliphatic heterocycles. The number of carbonyl (C=O) groups excluding carboxylic acids is 2. The van der Waals surface area contributed by atoms with Crippen LogP contribution in [0.1, 0.15) is 26.3 Å². The van der Waals surface area contributed by atoms with Gasteiger partial charge in [0.25, 0.3) is 5.91 Å². The Labute approximate surface area is 142 Å². The van der Waals surface area contributed by atoms with E-state index in [-0.39, 0.29) is 12.6 Å². The van der Waals surface area contributed by atoms with Crippen molar-refractivity contribution in [3.8, 4) is 5.75 Å². The lowest BCUT2D eigenvalue weighted by Gasteiger charge is -2.12. The highest BCUT2D eigenvalue weighted by Crippen LogP contribution is 2.29. The molecule has 0 radical (unpaired) electrons. The minimum atomic E-state index is -0.921. The summed E-state index contributed by atoms with van der Waals surface area (Å²) in [6.45, 7) is 0.0782. The van der Waals surface area contributed by atoms with Crippen LogP contribution in [0.25, 0.3) is 0 Å². The van der Waals surface area contributed by atoms with E-state index in [2.05, 4.69) is 10.1 Å². The van der Waals surface area contributed by atoms with Crippen molar-refractivity contribution in [2.45, 2.75) is 12.5 Å². The third-order valence-electron chi connectivity index (χ3n) is 3.90. The fraction of sp³-hybridized carbons (Fsp3) is 0.222. The van der Waals surface area contributed by atoms with Crippen LogP contribution in [-0.2, 0) is 11.2 Å². The highest BCUT2D eigenvalue weighted by atomic mass is 19.1. The van der Waals surface area contributed by atoms with Crippen LogP contribution in [-0.4, -0.2) is 31.6 Å². The Bertz CT molecular complexity index is 818. The first-order valence-electron chi connectivity index (χ1n) is 7.59. The van der Waals surface area contributed by atoms with E-state index < -0.39 is 29.1 Å². The van der Waals surface area contributed by atoms with Gasteiger partial charge in [0.15, 0.2) is 0 Å². The first-order chi connectivity index (χ1) is 12.0. The summed E-state index contributed by atoms with van der Waals surface area (Å²) < 4.78 is 37.5. The van der Waals surface area contributed by atoms with Crippen LogP contribution in [0.2, 0.25) is 0 Å². The highest BCUT2D eigenvalue weighted by molar-refractivity contribution is 5.94. The number of carbonyl (C=O) groups is 2. The van der Waals surface area contributed by atoms with Gasteiger partial charge in [-0.3, -0.25) is 4.79 Å². The molecule has 1 heterocycles. The van der Waals surface area contributed by atoms with Crippen LogP contribution in [0.3, 0.4) is 0 Å². The van der Waals surface area contributed by atoms with Gasteiger partial charge in [0, 0.05) is 6.42 Å². The quantitative estimate of drug-likeness (QED) is 0.863. The van der Waals surface area contributed by atoms with E-state index in [9.17, 15) is 18.4 Å². The second kappa shape index (κ2) is 6.88. The topological polar surface area (TPSA) is 64.6 Å². The van der Waals surface area contributed by atoms with Crippen LogP contribution in [0, 0.1) is 11.6 Å².